The number of aromatic nitrogens is 1. The molecular weight excluding hydrogens is 554 g/mol. The summed E-state index contributed by atoms with van der Waals surface area (Å²) in [6.07, 6.45) is -0.262. The highest BCUT2D eigenvalue weighted by molar-refractivity contribution is 6.27. The Kier molecular flexibility index (Phi) is 6.38. The van der Waals surface area contributed by atoms with Crippen molar-refractivity contribution in [3.05, 3.63) is 168 Å². The van der Waals surface area contributed by atoms with E-state index in [1.54, 1.807) is 4.90 Å². The van der Waals surface area contributed by atoms with E-state index in [0.29, 0.717) is 5.56 Å². The summed E-state index contributed by atoms with van der Waals surface area (Å²) in [5.74, 6) is 1.30. The molecule has 0 amide bonds. The average Bonchev–Trinajstić information content (AvgIpc) is 3.69. The first-order valence-electron chi connectivity index (χ1n) is 14.9. The van der Waals surface area contributed by atoms with Crippen LogP contribution < -0.4 is 15.0 Å². The topological polar surface area (TPSA) is 77.1 Å². The molecule has 8 rings (SSSR count). The number of ether oxygens (including phenoxy) is 1. The Balaban J connectivity index is 1.24. The second-order valence-corrected chi connectivity index (χ2v) is 11.0. The fourth-order valence-corrected chi connectivity index (χ4v) is 6.20. The highest BCUT2D eigenvalue weighted by Crippen LogP contribution is 2.47. The lowest BCUT2D eigenvalue weighted by molar-refractivity contribution is 0.263. The minimum Gasteiger partial charge on any atom is -0.464 e. The molecule has 6 nitrogen and oxygen atoms in total. The van der Waals surface area contributed by atoms with Gasteiger partial charge in [-0.05, 0) is 42.5 Å². The van der Waals surface area contributed by atoms with Gasteiger partial charge in [0.1, 0.15) is 11.7 Å². The van der Waals surface area contributed by atoms with Gasteiger partial charge in [-0.2, -0.15) is 0 Å². The number of fused-ring (bicyclic) bond motifs is 5. The Hall–Kier alpha value is -6.14. The number of rotatable bonds is 5. The van der Waals surface area contributed by atoms with Crippen molar-refractivity contribution in [3.63, 3.8) is 0 Å². The van der Waals surface area contributed by atoms with Gasteiger partial charge in [0.25, 0.3) is 0 Å². The summed E-state index contributed by atoms with van der Waals surface area (Å²) in [6.45, 7) is 0. The Morgan fingerprint density at radius 3 is 2.04 bits per heavy atom. The first kappa shape index (κ1) is 26.5. The third-order valence-corrected chi connectivity index (χ3v) is 8.30. The zero-order valence-corrected chi connectivity index (χ0v) is 24.3. The van der Waals surface area contributed by atoms with Crippen LogP contribution in [-0.4, -0.2) is 16.2 Å². The molecular formula is C39H29N5O. The van der Waals surface area contributed by atoms with E-state index in [9.17, 15) is 5.41 Å². The molecule has 0 bridgehead atoms. The molecule has 6 heteroatoms. The summed E-state index contributed by atoms with van der Waals surface area (Å²) in [5, 5.41) is 24.2. The maximum atomic E-state index is 9.40. The minimum absolute atomic E-state index is 0.219. The van der Waals surface area contributed by atoms with Gasteiger partial charge in [0.05, 0.1) is 22.1 Å². The van der Waals surface area contributed by atoms with Crippen LogP contribution in [0.5, 0.6) is 5.75 Å². The van der Waals surface area contributed by atoms with Crippen LogP contribution in [0.25, 0.3) is 27.5 Å². The highest BCUT2D eigenvalue weighted by atomic mass is 16.5. The first-order valence-corrected chi connectivity index (χ1v) is 14.9. The second kappa shape index (κ2) is 10.8. The summed E-state index contributed by atoms with van der Waals surface area (Å²) in [4.78, 5) is 1.69. The van der Waals surface area contributed by atoms with E-state index in [-0.39, 0.29) is 17.9 Å². The molecule has 6 aromatic carbocycles. The molecule has 2 heterocycles. The van der Waals surface area contributed by atoms with Gasteiger partial charge in [0, 0.05) is 33.5 Å². The molecule has 0 radical (unpaired) electrons. The number of anilines is 2. The normalized spacial score (nSPS) is 13.6. The molecule has 0 aliphatic carbocycles. The van der Waals surface area contributed by atoms with Gasteiger partial charge >= 0.3 is 0 Å². The first-order chi connectivity index (χ1) is 22.2. The van der Waals surface area contributed by atoms with Crippen molar-refractivity contribution >= 4 is 44.9 Å². The number of benzene rings is 6. The number of nitrogens with one attached hydrogen (secondary N) is 3. The average molecular weight is 584 g/mol. The third kappa shape index (κ3) is 4.51. The maximum Gasteiger partial charge on any atom is 0.196 e. The van der Waals surface area contributed by atoms with Crippen molar-refractivity contribution in [1.82, 2.24) is 4.57 Å². The molecule has 0 unspecified atom stereocenters. The Morgan fingerprint density at radius 2 is 1.27 bits per heavy atom. The predicted molar refractivity (Wildman–Crippen MR) is 183 cm³/mol. The summed E-state index contributed by atoms with van der Waals surface area (Å²) >= 11 is 0. The molecule has 0 saturated heterocycles. The van der Waals surface area contributed by atoms with E-state index in [0.717, 1.165) is 55.7 Å². The summed E-state index contributed by atoms with van der Waals surface area (Å²) in [5.41, 5.74) is 7.22. The van der Waals surface area contributed by atoms with Crippen LogP contribution in [0.15, 0.2) is 152 Å². The number of nitrogens with zero attached hydrogens (tertiary/aromatic N) is 2. The SMILES string of the molecule is N=C(c1ccccc1)N(C(=N)c1cccc(-n2c3ccccc3c3c4c(ccc32)N[C@@H](c2ccccc2)O4)c1)c1ccccc1. The van der Waals surface area contributed by atoms with Crippen molar-refractivity contribution in [3.8, 4) is 11.4 Å². The van der Waals surface area contributed by atoms with Crippen molar-refractivity contribution in [1.29, 1.82) is 10.8 Å². The van der Waals surface area contributed by atoms with Gasteiger partial charge in [0.2, 0.25) is 0 Å². The van der Waals surface area contributed by atoms with Crippen molar-refractivity contribution < 1.29 is 4.74 Å². The predicted octanol–water partition coefficient (Wildman–Crippen LogP) is 9.14. The van der Waals surface area contributed by atoms with Crippen LogP contribution in [0, 0.1) is 10.8 Å². The van der Waals surface area contributed by atoms with E-state index in [2.05, 4.69) is 58.4 Å². The van der Waals surface area contributed by atoms with Gasteiger partial charge in [-0.15, -0.1) is 0 Å². The Labute approximate surface area is 260 Å². The zero-order chi connectivity index (χ0) is 30.3. The Bertz CT molecular complexity index is 2210. The van der Waals surface area contributed by atoms with E-state index >= 15 is 0 Å². The molecule has 0 spiro atoms. The van der Waals surface area contributed by atoms with Gasteiger partial charge < -0.3 is 14.6 Å². The molecule has 1 atom stereocenters. The van der Waals surface area contributed by atoms with Crippen molar-refractivity contribution in [2.45, 2.75) is 6.23 Å². The monoisotopic (exact) mass is 583 g/mol. The van der Waals surface area contributed by atoms with Crippen LogP contribution in [0.4, 0.5) is 11.4 Å². The summed E-state index contributed by atoms with van der Waals surface area (Å²) < 4.78 is 8.82. The van der Waals surface area contributed by atoms with Gasteiger partial charge in [-0.3, -0.25) is 15.7 Å². The quantitative estimate of drug-likeness (QED) is 0.140. The fraction of sp³-hybridized carbons (Fsp3) is 0.0256. The molecule has 0 fully saturated rings. The molecule has 216 valence electrons. The van der Waals surface area contributed by atoms with Gasteiger partial charge in [-0.25, -0.2) is 0 Å². The molecule has 1 aliphatic heterocycles. The maximum absolute atomic E-state index is 9.40. The lowest BCUT2D eigenvalue weighted by Gasteiger charge is -2.26. The van der Waals surface area contributed by atoms with Crippen molar-refractivity contribution in [2.24, 2.45) is 0 Å². The van der Waals surface area contributed by atoms with E-state index < -0.39 is 0 Å². The molecule has 0 saturated carbocycles. The number of para-hydroxylation sites is 2. The lowest BCUT2D eigenvalue weighted by atomic mass is 10.1. The van der Waals surface area contributed by atoms with Crippen LogP contribution in [0.2, 0.25) is 0 Å². The number of hydrogen-bond donors (Lipinski definition) is 3. The number of amidine groups is 2. The third-order valence-electron chi connectivity index (χ3n) is 8.30. The lowest BCUT2D eigenvalue weighted by Crippen LogP contribution is -2.37. The summed E-state index contributed by atoms with van der Waals surface area (Å²) in [6, 6.07) is 50.0. The second-order valence-electron chi connectivity index (χ2n) is 11.0. The molecule has 45 heavy (non-hydrogen) atoms. The van der Waals surface area contributed by atoms with Crippen LogP contribution >= 0.6 is 0 Å². The molecule has 1 aliphatic rings. The summed E-state index contributed by atoms with van der Waals surface area (Å²) in [7, 11) is 0. The highest BCUT2D eigenvalue weighted by Gasteiger charge is 2.28. The smallest absolute Gasteiger partial charge is 0.196 e. The molecule has 1 aromatic heterocycles. The fourth-order valence-electron chi connectivity index (χ4n) is 6.20. The van der Waals surface area contributed by atoms with Gasteiger partial charge in [-0.1, -0.05) is 109 Å². The van der Waals surface area contributed by atoms with Crippen LogP contribution in [0.3, 0.4) is 0 Å². The zero-order valence-electron chi connectivity index (χ0n) is 24.3. The largest absolute Gasteiger partial charge is 0.464 e. The van der Waals surface area contributed by atoms with Crippen LogP contribution in [0.1, 0.15) is 22.9 Å². The van der Waals surface area contributed by atoms with E-state index in [4.69, 9.17) is 10.1 Å². The van der Waals surface area contributed by atoms with Crippen molar-refractivity contribution in [2.75, 3.05) is 10.2 Å². The minimum atomic E-state index is -0.262. The standard InChI is InChI=1S/C39H29N5O/c40-37(26-13-4-1-5-14-26)44(29-18-8-3-9-19-29)38(41)28-17-12-20-30(25-28)43-33-22-11-10-21-31(33)35-34(43)24-23-32-36(35)45-39(42-32)27-15-6-2-7-16-27/h1-25,39-42H/t39-/m1/s1. The van der Waals surface area contributed by atoms with E-state index in [1.807, 2.05) is 103 Å². The molecule has 7 aromatic rings. The van der Waals surface area contributed by atoms with Gasteiger partial charge in [0.15, 0.2) is 12.0 Å². The number of hydrogen-bond acceptors (Lipinski definition) is 4. The van der Waals surface area contributed by atoms with Crippen LogP contribution in [-0.2, 0) is 0 Å². The van der Waals surface area contributed by atoms with E-state index in [1.165, 1.54) is 0 Å². The Morgan fingerprint density at radius 1 is 0.622 bits per heavy atom. The molecule has 3 N–H and O–H groups in total.